The number of hydrogen-bond acceptors (Lipinski definition) is 8. The van der Waals surface area contributed by atoms with Crippen molar-refractivity contribution in [2.75, 3.05) is 32.1 Å². The van der Waals surface area contributed by atoms with Crippen LogP contribution in [0.3, 0.4) is 0 Å². The van der Waals surface area contributed by atoms with Gasteiger partial charge in [0.2, 0.25) is 5.69 Å². The SMILES string of the molecule is CN1CCCC(COc2nc(Nc3cc4c(cn3)N=CC4)cnc2C#N)C1. The van der Waals surface area contributed by atoms with Crippen LogP contribution in [0.15, 0.2) is 23.5 Å². The van der Waals surface area contributed by atoms with Crippen molar-refractivity contribution < 1.29 is 4.74 Å². The number of ether oxygens (including phenoxy) is 1. The Hall–Kier alpha value is -3.05. The van der Waals surface area contributed by atoms with Crippen LogP contribution in [-0.4, -0.2) is 52.8 Å². The molecule has 2 aromatic heterocycles. The highest BCUT2D eigenvalue weighted by molar-refractivity contribution is 5.76. The van der Waals surface area contributed by atoms with Crippen molar-refractivity contribution in [1.29, 1.82) is 5.26 Å². The highest BCUT2D eigenvalue weighted by atomic mass is 16.5. The Morgan fingerprint density at radius 2 is 2.26 bits per heavy atom. The number of fused-ring (bicyclic) bond motifs is 1. The van der Waals surface area contributed by atoms with Gasteiger partial charge in [0.05, 0.1) is 24.7 Å². The molecule has 1 N–H and O–H groups in total. The highest BCUT2D eigenvalue weighted by Gasteiger charge is 2.19. The third-order valence-electron chi connectivity index (χ3n) is 4.79. The summed E-state index contributed by atoms with van der Waals surface area (Å²) in [6, 6.07) is 3.99. The Morgan fingerprint density at radius 3 is 3.11 bits per heavy atom. The van der Waals surface area contributed by atoms with Crippen molar-refractivity contribution >= 4 is 23.5 Å². The van der Waals surface area contributed by atoms with Crippen molar-refractivity contribution in [2.24, 2.45) is 10.9 Å². The van der Waals surface area contributed by atoms with E-state index in [0.717, 1.165) is 43.6 Å². The third kappa shape index (κ3) is 4.04. The molecule has 0 bridgehead atoms. The summed E-state index contributed by atoms with van der Waals surface area (Å²) in [6.07, 6.45) is 8.21. The minimum atomic E-state index is 0.194. The number of aliphatic imine (C=N–C) groups is 1. The lowest BCUT2D eigenvalue weighted by Gasteiger charge is -2.29. The fourth-order valence-corrected chi connectivity index (χ4v) is 3.43. The molecule has 4 rings (SSSR count). The Kier molecular flexibility index (Phi) is 4.94. The van der Waals surface area contributed by atoms with Crippen molar-refractivity contribution in [1.82, 2.24) is 19.9 Å². The van der Waals surface area contributed by atoms with Crippen LogP contribution in [0, 0.1) is 17.2 Å². The number of piperidine rings is 1. The second kappa shape index (κ2) is 7.68. The van der Waals surface area contributed by atoms with Gasteiger partial charge in [-0.25, -0.2) is 9.97 Å². The smallest absolute Gasteiger partial charge is 0.253 e. The number of rotatable bonds is 5. The van der Waals surface area contributed by atoms with Crippen LogP contribution in [0.25, 0.3) is 0 Å². The second-order valence-electron chi connectivity index (χ2n) is 6.94. The summed E-state index contributed by atoms with van der Waals surface area (Å²) in [4.78, 5) is 19.5. The summed E-state index contributed by atoms with van der Waals surface area (Å²) in [5.41, 5.74) is 2.21. The largest absolute Gasteiger partial charge is 0.475 e. The van der Waals surface area contributed by atoms with Crippen LogP contribution in [0.4, 0.5) is 17.3 Å². The van der Waals surface area contributed by atoms with E-state index < -0.39 is 0 Å². The molecule has 1 saturated heterocycles. The van der Waals surface area contributed by atoms with Crippen LogP contribution in [0.1, 0.15) is 24.1 Å². The average Bonchev–Trinajstić information content (AvgIpc) is 3.14. The first-order chi connectivity index (χ1) is 13.2. The molecule has 2 aromatic rings. The van der Waals surface area contributed by atoms with E-state index in [4.69, 9.17) is 4.74 Å². The second-order valence-corrected chi connectivity index (χ2v) is 6.94. The molecule has 2 aliphatic heterocycles. The van der Waals surface area contributed by atoms with Gasteiger partial charge >= 0.3 is 0 Å². The van der Waals surface area contributed by atoms with Crippen molar-refractivity contribution in [3.05, 3.63) is 29.7 Å². The van der Waals surface area contributed by atoms with Gasteiger partial charge in [-0.2, -0.15) is 10.2 Å². The minimum Gasteiger partial charge on any atom is -0.475 e. The van der Waals surface area contributed by atoms with Gasteiger partial charge in [-0.05, 0) is 38.1 Å². The molecule has 0 radical (unpaired) electrons. The topological polar surface area (TPSA) is 99.3 Å². The summed E-state index contributed by atoms with van der Waals surface area (Å²) in [5.74, 6) is 1.86. The number of anilines is 2. The molecule has 0 saturated carbocycles. The zero-order chi connectivity index (χ0) is 18.6. The molecular formula is C19H21N7O. The van der Waals surface area contributed by atoms with E-state index in [9.17, 15) is 5.26 Å². The molecule has 1 atom stereocenters. The first-order valence-corrected chi connectivity index (χ1v) is 9.08. The summed E-state index contributed by atoms with van der Waals surface area (Å²) in [5, 5.41) is 12.4. The maximum Gasteiger partial charge on any atom is 0.253 e. The average molecular weight is 363 g/mol. The van der Waals surface area contributed by atoms with Crippen LogP contribution in [-0.2, 0) is 6.42 Å². The Balaban J connectivity index is 1.46. The minimum absolute atomic E-state index is 0.194. The van der Waals surface area contributed by atoms with Gasteiger partial charge in [0.25, 0.3) is 5.88 Å². The van der Waals surface area contributed by atoms with E-state index in [1.807, 2.05) is 18.4 Å². The van der Waals surface area contributed by atoms with Gasteiger partial charge in [0.15, 0.2) is 5.82 Å². The summed E-state index contributed by atoms with van der Waals surface area (Å²) < 4.78 is 5.87. The molecule has 1 fully saturated rings. The number of hydrogen-bond donors (Lipinski definition) is 1. The molecule has 0 spiro atoms. The van der Waals surface area contributed by atoms with E-state index in [0.29, 0.717) is 24.2 Å². The van der Waals surface area contributed by atoms with E-state index in [2.05, 4.69) is 37.2 Å². The van der Waals surface area contributed by atoms with Gasteiger partial charge in [-0.15, -0.1) is 0 Å². The van der Waals surface area contributed by atoms with Crippen LogP contribution < -0.4 is 10.1 Å². The number of nitrogens with zero attached hydrogens (tertiary/aromatic N) is 6. The monoisotopic (exact) mass is 363 g/mol. The molecule has 138 valence electrons. The summed E-state index contributed by atoms with van der Waals surface area (Å²) in [6.45, 7) is 2.65. The van der Waals surface area contributed by atoms with E-state index in [1.54, 1.807) is 6.20 Å². The van der Waals surface area contributed by atoms with Crippen LogP contribution in [0.5, 0.6) is 5.88 Å². The zero-order valence-corrected chi connectivity index (χ0v) is 15.2. The lowest BCUT2D eigenvalue weighted by Crippen LogP contribution is -2.34. The highest BCUT2D eigenvalue weighted by Crippen LogP contribution is 2.26. The third-order valence-corrected chi connectivity index (χ3v) is 4.79. The molecule has 2 aliphatic rings. The fraction of sp³-hybridized carbons (Fsp3) is 0.421. The van der Waals surface area contributed by atoms with Gasteiger partial charge in [-0.3, -0.25) is 4.99 Å². The molecule has 27 heavy (non-hydrogen) atoms. The van der Waals surface area contributed by atoms with E-state index in [1.165, 1.54) is 6.20 Å². The van der Waals surface area contributed by atoms with Gasteiger partial charge in [0.1, 0.15) is 11.9 Å². The first-order valence-electron chi connectivity index (χ1n) is 9.08. The van der Waals surface area contributed by atoms with Gasteiger partial charge in [0, 0.05) is 25.1 Å². The number of nitriles is 1. The number of pyridine rings is 1. The van der Waals surface area contributed by atoms with Crippen molar-refractivity contribution in [3.63, 3.8) is 0 Å². The number of likely N-dealkylation sites (tertiary alicyclic amines) is 1. The Morgan fingerprint density at radius 1 is 1.33 bits per heavy atom. The lowest BCUT2D eigenvalue weighted by molar-refractivity contribution is 0.147. The molecule has 0 aliphatic carbocycles. The standard InChI is InChI=1S/C19H21N7O/c1-26-6-2-3-13(11-26)12-27-19-15(8-20)22-10-18(25-19)24-17-7-14-4-5-21-16(14)9-23-17/h5,7,9-10,13H,2-4,6,11-12H2,1H3,(H,23,24,25). The quantitative estimate of drug-likeness (QED) is 0.871. The molecule has 0 amide bonds. The maximum atomic E-state index is 9.30. The Bertz CT molecular complexity index is 905. The summed E-state index contributed by atoms with van der Waals surface area (Å²) in [7, 11) is 2.12. The van der Waals surface area contributed by atoms with Gasteiger partial charge < -0.3 is 15.0 Å². The maximum absolute atomic E-state index is 9.30. The van der Waals surface area contributed by atoms with E-state index in [-0.39, 0.29) is 11.6 Å². The predicted octanol–water partition coefficient (Wildman–Crippen LogP) is 2.47. The normalized spacial score (nSPS) is 18.7. The van der Waals surface area contributed by atoms with Gasteiger partial charge in [-0.1, -0.05) is 0 Å². The van der Waals surface area contributed by atoms with E-state index >= 15 is 0 Å². The first kappa shape index (κ1) is 17.4. The fourth-order valence-electron chi connectivity index (χ4n) is 3.43. The van der Waals surface area contributed by atoms with Crippen molar-refractivity contribution in [2.45, 2.75) is 19.3 Å². The number of aromatic nitrogens is 3. The molecular weight excluding hydrogens is 342 g/mol. The predicted molar refractivity (Wildman–Crippen MR) is 102 cm³/mol. The molecule has 8 heteroatoms. The van der Waals surface area contributed by atoms with Crippen LogP contribution in [0.2, 0.25) is 0 Å². The molecule has 1 unspecified atom stereocenters. The Labute approximate surface area is 157 Å². The number of nitrogens with one attached hydrogen (secondary N) is 1. The van der Waals surface area contributed by atoms with Crippen LogP contribution >= 0.6 is 0 Å². The van der Waals surface area contributed by atoms with Crippen molar-refractivity contribution in [3.8, 4) is 11.9 Å². The zero-order valence-electron chi connectivity index (χ0n) is 15.2. The molecule has 0 aromatic carbocycles. The molecule has 4 heterocycles. The molecule has 8 nitrogen and oxygen atoms in total. The lowest BCUT2D eigenvalue weighted by atomic mass is 10.00. The summed E-state index contributed by atoms with van der Waals surface area (Å²) >= 11 is 0.